The smallest absolute Gasteiger partial charge is 0.355 e. The Morgan fingerprint density at radius 3 is 2.40 bits per heavy atom. The van der Waals surface area contributed by atoms with Crippen molar-refractivity contribution in [3.8, 4) is 16.9 Å². The molecule has 13 heteroatoms. The van der Waals surface area contributed by atoms with Crippen molar-refractivity contribution in [3.63, 3.8) is 0 Å². The van der Waals surface area contributed by atoms with Crippen LogP contribution in [0.1, 0.15) is 56.2 Å². The molecular weight excluding hydrogens is 730 g/mol. The van der Waals surface area contributed by atoms with Gasteiger partial charge in [0, 0.05) is 54.4 Å². The average Bonchev–Trinajstić information content (AvgIpc) is 3.64. The molecule has 2 amide bonds. The lowest BCUT2D eigenvalue weighted by molar-refractivity contribution is -0.957. The second-order valence-electron chi connectivity index (χ2n) is 16.0. The summed E-state index contributed by atoms with van der Waals surface area (Å²) in [6.45, 7) is 14.4. The van der Waals surface area contributed by atoms with Gasteiger partial charge in [-0.15, -0.1) is 6.58 Å². The van der Waals surface area contributed by atoms with Crippen LogP contribution in [0.2, 0.25) is 0 Å². The first-order chi connectivity index (χ1) is 27.4. The molecule has 2 aromatic carbocycles. The van der Waals surface area contributed by atoms with Crippen LogP contribution in [0.3, 0.4) is 0 Å². The number of carbonyl (C=O) groups excluding carboxylic acids is 5. The Bertz CT molecular complexity index is 2080. The van der Waals surface area contributed by atoms with E-state index in [1.54, 1.807) is 6.92 Å². The Hall–Kier alpha value is -5.53. The highest BCUT2D eigenvalue weighted by atomic mass is 17.2. The fraction of sp³-hybridized carbons (Fsp3) is 0.432. The van der Waals surface area contributed by atoms with Gasteiger partial charge in [-0.1, -0.05) is 56.8 Å². The van der Waals surface area contributed by atoms with Crippen molar-refractivity contribution in [1.82, 2.24) is 4.90 Å². The molecule has 13 nitrogen and oxygen atoms in total. The summed E-state index contributed by atoms with van der Waals surface area (Å²) in [5.74, 6) is -3.94. The number of nitrogens with zero attached hydrogens (tertiary/aromatic N) is 2. The highest BCUT2D eigenvalue weighted by molar-refractivity contribution is 6.08. The number of hydrogen-bond acceptors (Lipinski definition) is 10. The molecule has 4 saturated heterocycles. The number of primary amides is 1. The minimum absolute atomic E-state index is 0.00148. The minimum Gasteiger partial charge on any atom is -0.488 e. The number of nitrogens with two attached hydrogens (primary N) is 1. The summed E-state index contributed by atoms with van der Waals surface area (Å²) >= 11 is 0. The molecule has 2 bridgehead atoms. The molecule has 2 N–H and O–H groups in total. The van der Waals surface area contributed by atoms with E-state index < -0.39 is 41.7 Å². The number of rotatable bonds is 16. The molecule has 4 atom stereocenters. The molecular formula is C44H50N3O10+. The highest BCUT2D eigenvalue weighted by Crippen LogP contribution is 2.52. The van der Waals surface area contributed by atoms with Crippen molar-refractivity contribution in [2.24, 2.45) is 28.9 Å². The molecule has 1 aliphatic carbocycles. The number of benzene rings is 2. The predicted molar refractivity (Wildman–Crippen MR) is 208 cm³/mol. The lowest BCUT2D eigenvalue weighted by atomic mass is 9.68. The molecule has 6 aliphatic rings. The lowest BCUT2D eigenvalue weighted by Crippen LogP contribution is -2.63. The zero-order valence-corrected chi connectivity index (χ0v) is 32.8. The molecule has 8 rings (SSSR count). The number of piperidine rings is 3. The number of ether oxygens (including phenoxy) is 3. The number of hydrogen-bond donors (Lipinski definition) is 1. The molecule has 0 aromatic heterocycles. The summed E-state index contributed by atoms with van der Waals surface area (Å²) in [6, 6.07) is 11.5. The van der Waals surface area contributed by atoms with E-state index >= 15 is 0 Å². The Labute approximate surface area is 332 Å². The quantitative estimate of drug-likeness (QED) is 0.0313. The first-order valence-electron chi connectivity index (χ1n) is 19.5. The summed E-state index contributed by atoms with van der Waals surface area (Å²) in [5, 5.41) is 0. The number of fused-ring (bicyclic) bond motifs is 7. The standard InChI is InChI=1S/C44H49N3O10/c1-6-19-54-43(52)40-33(26(3)39-37(41(50)46(39)40)27(4)42(51)57-56-20-7-2)25-55-34-10-8-9-29-32(22-36(49)53-5)31-21-28(11-12-30(31)38(29)34)24-47-16-13-44(14-17-47,15-18-47)23-35(45)48/h6-12,21-22,26-27,37,39H,1-2,13-20,23-25H2,3-5H3,(H-,45,48)/p+1/b32-22+/t26-,27?,37?,39?,44?,47?/m0/s1. The largest absolute Gasteiger partial charge is 0.488 e. The number of β-lactam (4-membered cyclic amide) rings is 1. The van der Waals surface area contributed by atoms with Crippen LogP contribution >= 0.6 is 0 Å². The van der Waals surface area contributed by atoms with Gasteiger partial charge in [0.15, 0.2) is 0 Å². The van der Waals surface area contributed by atoms with Crippen LogP contribution in [0.5, 0.6) is 5.75 Å². The monoisotopic (exact) mass is 780 g/mol. The molecule has 5 aliphatic heterocycles. The summed E-state index contributed by atoms with van der Waals surface area (Å²) in [7, 11) is 1.35. The van der Waals surface area contributed by atoms with E-state index in [9.17, 15) is 24.0 Å². The van der Waals surface area contributed by atoms with E-state index in [1.807, 2.05) is 25.1 Å². The summed E-state index contributed by atoms with van der Waals surface area (Å²) < 4.78 is 18.1. The summed E-state index contributed by atoms with van der Waals surface area (Å²) in [4.78, 5) is 75.8. The maximum absolute atomic E-state index is 13.7. The van der Waals surface area contributed by atoms with Gasteiger partial charge >= 0.3 is 17.9 Å². The van der Waals surface area contributed by atoms with E-state index in [2.05, 4.69) is 31.4 Å². The maximum Gasteiger partial charge on any atom is 0.355 e. The summed E-state index contributed by atoms with van der Waals surface area (Å²) in [6.07, 6.45) is 7.78. The van der Waals surface area contributed by atoms with Gasteiger partial charge < -0.3 is 29.3 Å². The topological polar surface area (TPSA) is 161 Å². The van der Waals surface area contributed by atoms with Crippen molar-refractivity contribution in [1.29, 1.82) is 0 Å². The molecule has 0 spiro atoms. The highest BCUT2D eigenvalue weighted by Gasteiger charge is 2.61. The normalized spacial score (nSPS) is 26.5. The van der Waals surface area contributed by atoms with Gasteiger partial charge in [-0.2, -0.15) is 4.89 Å². The lowest BCUT2D eigenvalue weighted by Gasteiger charge is -2.54. The van der Waals surface area contributed by atoms with Crippen molar-refractivity contribution in [2.75, 3.05) is 46.6 Å². The zero-order chi connectivity index (χ0) is 40.6. The Balaban J connectivity index is 1.17. The van der Waals surface area contributed by atoms with Crippen LogP contribution in [0, 0.1) is 23.2 Å². The average molecular weight is 781 g/mol. The molecule has 0 radical (unpaired) electrons. The van der Waals surface area contributed by atoms with Crippen LogP contribution < -0.4 is 10.5 Å². The fourth-order valence-corrected chi connectivity index (χ4v) is 9.72. The van der Waals surface area contributed by atoms with Crippen LogP contribution in [-0.2, 0) is 49.8 Å². The predicted octanol–water partition coefficient (Wildman–Crippen LogP) is 4.78. The van der Waals surface area contributed by atoms with Gasteiger partial charge in [0.2, 0.25) is 11.8 Å². The Kier molecular flexibility index (Phi) is 11.0. The Morgan fingerprint density at radius 2 is 1.74 bits per heavy atom. The zero-order valence-electron chi connectivity index (χ0n) is 32.8. The van der Waals surface area contributed by atoms with Gasteiger partial charge in [0.05, 0.1) is 44.6 Å². The van der Waals surface area contributed by atoms with Crippen molar-refractivity contribution >= 4 is 35.3 Å². The van der Waals surface area contributed by atoms with Gasteiger partial charge in [0.25, 0.3) is 0 Å². The van der Waals surface area contributed by atoms with Crippen LogP contribution in [0.25, 0.3) is 16.7 Å². The molecule has 300 valence electrons. The third-order valence-electron chi connectivity index (χ3n) is 12.8. The van der Waals surface area contributed by atoms with Crippen LogP contribution in [-0.4, -0.2) is 91.7 Å². The molecule has 2 aromatic rings. The van der Waals surface area contributed by atoms with Crippen LogP contribution in [0.15, 0.2) is 79.1 Å². The maximum atomic E-state index is 13.7. The van der Waals surface area contributed by atoms with Gasteiger partial charge in [0.1, 0.15) is 37.8 Å². The van der Waals surface area contributed by atoms with E-state index in [4.69, 9.17) is 29.7 Å². The van der Waals surface area contributed by atoms with Crippen molar-refractivity contribution in [3.05, 3.63) is 95.7 Å². The molecule has 57 heavy (non-hydrogen) atoms. The first kappa shape index (κ1) is 39.7. The first-order valence-corrected chi connectivity index (χ1v) is 19.5. The number of methoxy groups -OCH3 is 1. The van der Waals surface area contributed by atoms with Gasteiger partial charge in [-0.05, 0) is 39.8 Å². The second-order valence-corrected chi connectivity index (χ2v) is 16.0. The number of esters is 2. The van der Waals surface area contributed by atoms with Gasteiger partial charge in [-0.3, -0.25) is 14.5 Å². The SMILES string of the molecule is C=CCOOC(=O)C(C)C1C(=O)N2C(C(=O)OCC=C)=C(COc3cccc4c3-c3ccc(C[N+]56CCC(CC(N)=O)(CC5)CC6)cc3/C4=C/C(=O)OC)[C@H](C)C12. The number of amides is 2. The van der Waals surface area contributed by atoms with E-state index in [0.717, 1.165) is 83.3 Å². The van der Waals surface area contributed by atoms with Crippen molar-refractivity contribution < 1.29 is 52.4 Å². The van der Waals surface area contributed by atoms with Crippen molar-refractivity contribution in [2.45, 2.75) is 52.1 Å². The molecule has 3 unspecified atom stereocenters. The molecule has 4 fully saturated rings. The number of quaternary nitrogens is 1. The van der Waals surface area contributed by atoms with E-state index in [1.165, 1.54) is 30.2 Å². The second kappa shape index (κ2) is 15.8. The summed E-state index contributed by atoms with van der Waals surface area (Å²) in [5.41, 5.74) is 11.5. The third kappa shape index (κ3) is 7.18. The third-order valence-corrected chi connectivity index (χ3v) is 12.8. The van der Waals surface area contributed by atoms with Gasteiger partial charge in [-0.25, -0.2) is 14.4 Å². The van der Waals surface area contributed by atoms with E-state index in [-0.39, 0.29) is 42.8 Å². The minimum atomic E-state index is -0.847. The van der Waals surface area contributed by atoms with E-state index in [0.29, 0.717) is 17.7 Å². The molecule has 0 saturated carbocycles. The molecule has 5 heterocycles. The Morgan fingerprint density at radius 1 is 1.02 bits per heavy atom. The van der Waals surface area contributed by atoms with Crippen LogP contribution in [0.4, 0.5) is 0 Å². The number of carbonyl (C=O) groups is 5. The fourth-order valence-electron chi connectivity index (χ4n) is 9.72.